The Morgan fingerprint density at radius 2 is 0.952 bits per heavy atom. The van der Waals surface area contributed by atoms with Crippen molar-refractivity contribution in [1.82, 2.24) is 0 Å². The molecule has 0 atom stereocenters. The van der Waals surface area contributed by atoms with Crippen molar-refractivity contribution in [2.24, 2.45) is 0 Å². The van der Waals surface area contributed by atoms with Gasteiger partial charge < -0.3 is 0 Å². The molecule has 0 spiro atoms. The van der Waals surface area contributed by atoms with Gasteiger partial charge in [0.05, 0.1) is 0 Å². The van der Waals surface area contributed by atoms with E-state index in [1.165, 1.54) is 36.4 Å². The first-order valence-corrected chi connectivity index (χ1v) is 5.29. The van der Waals surface area contributed by atoms with Crippen LogP contribution in [-0.2, 0) is 31.8 Å². The number of halogens is 6. The molecule has 0 N–H and O–H groups in total. The number of hydrogen-bond donors (Lipinski definition) is 0. The fourth-order valence-corrected chi connectivity index (χ4v) is 1.14. The van der Waals surface area contributed by atoms with Crippen LogP contribution < -0.4 is 0 Å². The second-order valence-corrected chi connectivity index (χ2v) is 3.55. The summed E-state index contributed by atoms with van der Waals surface area (Å²) in [5, 5.41) is 0. The first kappa shape index (κ1) is 19.6. The van der Waals surface area contributed by atoms with Gasteiger partial charge >= 0.3 is 31.8 Å². The monoisotopic (exact) mass is 354 g/mol. The third-order valence-electron chi connectivity index (χ3n) is 2.03. The third kappa shape index (κ3) is 7.27. The summed E-state index contributed by atoms with van der Waals surface area (Å²) < 4.78 is 70.5. The molecule has 7 heteroatoms. The predicted molar refractivity (Wildman–Crippen MR) is 60.6 cm³/mol. The van der Waals surface area contributed by atoms with E-state index in [4.69, 9.17) is 0 Å². The Bertz CT molecular complexity index is 455. The molecule has 0 bridgehead atoms. The molecule has 21 heavy (non-hydrogen) atoms. The van der Waals surface area contributed by atoms with Crippen molar-refractivity contribution in [2.45, 2.75) is 12.4 Å². The molecule has 2 rings (SSSR count). The standard InChI is InChI=1S/2C7H4F3.Zn/c2*8-7(9,10)6-4-2-1-3-5-6;/h2*1-4H;/q2*-1;+2. The first-order valence-electron chi connectivity index (χ1n) is 5.29. The van der Waals surface area contributed by atoms with E-state index >= 15 is 0 Å². The summed E-state index contributed by atoms with van der Waals surface area (Å²) in [6, 6.07) is 14.3. The van der Waals surface area contributed by atoms with E-state index in [-0.39, 0.29) is 19.5 Å². The zero-order chi connectivity index (χ0) is 15.2. The van der Waals surface area contributed by atoms with Gasteiger partial charge in [0.25, 0.3) is 0 Å². The maximum absolute atomic E-state index is 11.8. The Morgan fingerprint density at radius 1 is 0.619 bits per heavy atom. The van der Waals surface area contributed by atoms with Crippen LogP contribution in [0.25, 0.3) is 0 Å². The molecule has 0 heterocycles. The molecule has 0 fully saturated rings. The van der Waals surface area contributed by atoms with Crippen LogP contribution in [0.15, 0.2) is 48.5 Å². The molecule has 0 aromatic heterocycles. The van der Waals surface area contributed by atoms with Crippen LogP contribution >= 0.6 is 0 Å². The topological polar surface area (TPSA) is 0 Å². The van der Waals surface area contributed by atoms with Gasteiger partial charge in [0.15, 0.2) is 0 Å². The minimum Gasteiger partial charge on any atom is -0.176 e. The Balaban J connectivity index is 0.000000364. The molecule has 0 nitrogen and oxygen atoms in total. The molecule has 2 aromatic carbocycles. The summed E-state index contributed by atoms with van der Waals surface area (Å²) in [5.74, 6) is 0. The normalized spacial score (nSPS) is 11.0. The Labute approximate surface area is 130 Å². The molecule has 0 amide bonds. The van der Waals surface area contributed by atoms with Gasteiger partial charge in [-0.15, -0.1) is 0 Å². The minimum atomic E-state index is -4.26. The summed E-state index contributed by atoms with van der Waals surface area (Å²) in [7, 11) is 0. The van der Waals surface area contributed by atoms with Gasteiger partial charge in [-0.3, -0.25) is 0 Å². The van der Waals surface area contributed by atoms with Crippen molar-refractivity contribution >= 4 is 0 Å². The minimum absolute atomic E-state index is 0. The summed E-state index contributed by atoms with van der Waals surface area (Å²) in [4.78, 5) is 0. The number of benzene rings is 2. The molecule has 0 aliphatic carbocycles. The van der Waals surface area contributed by atoms with E-state index in [1.54, 1.807) is 0 Å². The quantitative estimate of drug-likeness (QED) is 0.354. The van der Waals surface area contributed by atoms with Crippen molar-refractivity contribution in [3.05, 3.63) is 71.8 Å². The van der Waals surface area contributed by atoms with Gasteiger partial charge in [0.1, 0.15) is 0 Å². The summed E-state index contributed by atoms with van der Waals surface area (Å²) >= 11 is 0. The molecule has 2 aromatic rings. The van der Waals surface area contributed by atoms with Gasteiger partial charge in [0, 0.05) is 0 Å². The summed E-state index contributed by atoms with van der Waals surface area (Å²) in [6.07, 6.45) is -8.53. The van der Waals surface area contributed by atoms with Crippen LogP contribution in [0, 0.1) is 12.1 Å². The smallest absolute Gasteiger partial charge is 0.176 e. The molecule has 0 radical (unpaired) electrons. The molecular formula is C14H8F6Zn. The van der Waals surface area contributed by atoms with E-state index in [1.807, 2.05) is 0 Å². The Morgan fingerprint density at radius 3 is 1.10 bits per heavy atom. The Kier molecular flexibility index (Phi) is 7.65. The molecule has 0 saturated heterocycles. The SMILES string of the molecule is FC(F)(F)c1[c-]cccc1.FC(F)(F)c1[c-]cccc1.[Zn+2]. The van der Waals surface area contributed by atoms with Crippen LogP contribution in [0.1, 0.15) is 11.1 Å². The number of hydrogen-bond acceptors (Lipinski definition) is 0. The predicted octanol–water partition coefficient (Wildman–Crippen LogP) is 5.01. The van der Waals surface area contributed by atoms with E-state index < -0.39 is 23.5 Å². The van der Waals surface area contributed by atoms with Gasteiger partial charge in [-0.25, -0.2) is 0 Å². The van der Waals surface area contributed by atoms with Crippen LogP contribution in [-0.4, -0.2) is 0 Å². The molecule has 108 valence electrons. The van der Waals surface area contributed by atoms with Crippen LogP contribution in [0.2, 0.25) is 0 Å². The summed E-state index contributed by atoms with van der Waals surface area (Å²) in [5.41, 5.74) is -1.45. The van der Waals surface area contributed by atoms with Crippen molar-refractivity contribution in [3.8, 4) is 0 Å². The van der Waals surface area contributed by atoms with Gasteiger partial charge in [-0.2, -0.15) is 87.0 Å². The van der Waals surface area contributed by atoms with Crippen LogP contribution in [0.3, 0.4) is 0 Å². The first-order chi connectivity index (χ1) is 9.21. The van der Waals surface area contributed by atoms with Crippen molar-refractivity contribution in [2.75, 3.05) is 0 Å². The average molecular weight is 356 g/mol. The second-order valence-electron chi connectivity index (χ2n) is 3.55. The van der Waals surface area contributed by atoms with Crippen molar-refractivity contribution in [1.29, 1.82) is 0 Å². The molecule has 0 unspecified atom stereocenters. The van der Waals surface area contributed by atoms with Crippen molar-refractivity contribution < 1.29 is 45.8 Å². The average Bonchev–Trinajstić information content (AvgIpc) is 2.40. The second kappa shape index (κ2) is 8.18. The molecule has 0 aliphatic heterocycles. The maximum Gasteiger partial charge on any atom is 2.00 e. The Hall–Kier alpha value is -1.36. The fraction of sp³-hybridized carbons (Fsp3) is 0.143. The van der Waals surface area contributed by atoms with Gasteiger partial charge in [-0.1, -0.05) is 11.1 Å². The van der Waals surface area contributed by atoms with Crippen LogP contribution in [0.4, 0.5) is 26.3 Å². The number of alkyl halides is 6. The summed E-state index contributed by atoms with van der Waals surface area (Å²) in [6.45, 7) is 0. The van der Waals surface area contributed by atoms with Gasteiger partial charge in [-0.05, 0) is 0 Å². The van der Waals surface area contributed by atoms with Crippen LogP contribution in [0.5, 0.6) is 0 Å². The largest absolute Gasteiger partial charge is 2.00 e. The zero-order valence-corrected chi connectivity index (χ0v) is 13.6. The molecular weight excluding hydrogens is 348 g/mol. The molecule has 0 aliphatic rings. The van der Waals surface area contributed by atoms with E-state index in [9.17, 15) is 26.3 Å². The maximum atomic E-state index is 11.8. The van der Waals surface area contributed by atoms with E-state index in [0.717, 1.165) is 12.1 Å². The van der Waals surface area contributed by atoms with E-state index in [0.29, 0.717) is 0 Å². The molecule has 0 saturated carbocycles. The van der Waals surface area contributed by atoms with E-state index in [2.05, 4.69) is 12.1 Å². The zero-order valence-electron chi connectivity index (χ0n) is 10.6. The third-order valence-corrected chi connectivity index (χ3v) is 2.03. The fourth-order valence-electron chi connectivity index (χ4n) is 1.14. The van der Waals surface area contributed by atoms with Crippen molar-refractivity contribution in [3.63, 3.8) is 0 Å². The van der Waals surface area contributed by atoms with Gasteiger partial charge in [0.2, 0.25) is 0 Å². The number of rotatable bonds is 0.